The number of hydrogen-bond acceptors (Lipinski definition) is 3. The van der Waals surface area contributed by atoms with Crippen LogP contribution in [0, 0.1) is 17.1 Å². The van der Waals surface area contributed by atoms with Gasteiger partial charge in [-0.25, -0.2) is 4.39 Å². The standard InChI is InChI=1S/C12H7BrClFN2S/c13-9-4-8(18-12(9)14)6-17-11-2-1-7(5-16)3-10(11)15/h1-4,17H,6H2. The Bertz CT molecular complexity index is 602. The van der Waals surface area contributed by atoms with E-state index in [4.69, 9.17) is 16.9 Å². The Hall–Kier alpha value is -1.09. The zero-order chi connectivity index (χ0) is 13.1. The van der Waals surface area contributed by atoms with Crippen LogP contribution in [-0.4, -0.2) is 0 Å². The van der Waals surface area contributed by atoms with Gasteiger partial charge < -0.3 is 5.32 Å². The van der Waals surface area contributed by atoms with Crippen LogP contribution in [0.3, 0.4) is 0 Å². The normalized spacial score (nSPS) is 10.1. The highest BCUT2D eigenvalue weighted by atomic mass is 79.9. The summed E-state index contributed by atoms with van der Waals surface area (Å²) < 4.78 is 15.1. The molecule has 0 saturated carbocycles. The molecule has 2 nitrogen and oxygen atoms in total. The number of thiophene rings is 1. The molecule has 0 fully saturated rings. The van der Waals surface area contributed by atoms with E-state index < -0.39 is 5.82 Å². The van der Waals surface area contributed by atoms with Crippen molar-refractivity contribution < 1.29 is 4.39 Å². The van der Waals surface area contributed by atoms with Crippen LogP contribution in [0.25, 0.3) is 0 Å². The van der Waals surface area contributed by atoms with Crippen molar-refractivity contribution in [3.63, 3.8) is 0 Å². The monoisotopic (exact) mass is 344 g/mol. The van der Waals surface area contributed by atoms with E-state index in [9.17, 15) is 4.39 Å². The highest BCUT2D eigenvalue weighted by Gasteiger charge is 2.06. The molecule has 0 amide bonds. The second-order valence-electron chi connectivity index (χ2n) is 3.49. The average Bonchev–Trinajstić information content (AvgIpc) is 2.67. The van der Waals surface area contributed by atoms with Crippen molar-refractivity contribution in [3.8, 4) is 6.07 Å². The van der Waals surface area contributed by atoms with E-state index in [0.717, 1.165) is 9.35 Å². The maximum atomic E-state index is 13.6. The Morgan fingerprint density at radius 1 is 1.44 bits per heavy atom. The van der Waals surface area contributed by atoms with E-state index in [1.807, 2.05) is 12.1 Å². The van der Waals surface area contributed by atoms with E-state index in [1.54, 1.807) is 12.1 Å². The van der Waals surface area contributed by atoms with Gasteiger partial charge in [-0.1, -0.05) is 11.6 Å². The number of rotatable bonds is 3. The van der Waals surface area contributed by atoms with Crippen molar-refractivity contribution >= 4 is 44.6 Å². The van der Waals surface area contributed by atoms with Crippen LogP contribution in [0.4, 0.5) is 10.1 Å². The predicted molar refractivity (Wildman–Crippen MR) is 75.5 cm³/mol. The molecule has 2 rings (SSSR count). The summed E-state index contributed by atoms with van der Waals surface area (Å²) in [4.78, 5) is 0.996. The minimum Gasteiger partial charge on any atom is -0.378 e. The quantitative estimate of drug-likeness (QED) is 0.868. The molecule has 0 radical (unpaired) electrons. The molecule has 1 heterocycles. The summed E-state index contributed by atoms with van der Waals surface area (Å²) in [6, 6.07) is 8.11. The highest BCUT2D eigenvalue weighted by molar-refractivity contribution is 9.10. The largest absolute Gasteiger partial charge is 0.378 e. The molecular formula is C12H7BrClFN2S. The molecule has 1 aromatic carbocycles. The Morgan fingerprint density at radius 2 is 2.22 bits per heavy atom. The van der Waals surface area contributed by atoms with Crippen LogP contribution < -0.4 is 5.32 Å². The van der Waals surface area contributed by atoms with E-state index in [-0.39, 0.29) is 0 Å². The average molecular weight is 346 g/mol. The number of nitrogens with one attached hydrogen (secondary N) is 1. The molecule has 18 heavy (non-hydrogen) atoms. The lowest BCUT2D eigenvalue weighted by atomic mass is 10.2. The summed E-state index contributed by atoms with van der Waals surface area (Å²) in [6.45, 7) is 0.485. The molecule has 1 N–H and O–H groups in total. The van der Waals surface area contributed by atoms with Crippen molar-refractivity contribution in [1.29, 1.82) is 5.26 Å². The third-order valence-corrected chi connectivity index (χ3v) is 4.72. The number of nitriles is 1. The predicted octanol–water partition coefficient (Wildman–Crippen LogP) is 4.79. The number of hydrogen-bond donors (Lipinski definition) is 1. The van der Waals surface area contributed by atoms with Gasteiger partial charge in [0.15, 0.2) is 0 Å². The third-order valence-electron chi connectivity index (χ3n) is 2.25. The highest BCUT2D eigenvalue weighted by Crippen LogP contribution is 2.32. The van der Waals surface area contributed by atoms with Crippen molar-refractivity contribution in [2.45, 2.75) is 6.54 Å². The first-order valence-electron chi connectivity index (χ1n) is 4.97. The zero-order valence-corrected chi connectivity index (χ0v) is 12.2. The summed E-state index contributed by atoms with van der Waals surface area (Å²) in [5.41, 5.74) is 0.676. The van der Waals surface area contributed by atoms with Gasteiger partial charge in [-0.05, 0) is 40.2 Å². The molecule has 0 aliphatic rings. The van der Waals surface area contributed by atoms with Gasteiger partial charge in [0.25, 0.3) is 0 Å². The number of anilines is 1. The van der Waals surface area contributed by atoms with Crippen LogP contribution >= 0.6 is 38.9 Å². The Kier molecular flexibility index (Phi) is 4.23. The smallest absolute Gasteiger partial charge is 0.147 e. The maximum absolute atomic E-state index is 13.6. The van der Waals surface area contributed by atoms with Crippen molar-refractivity contribution in [2.24, 2.45) is 0 Å². The van der Waals surface area contributed by atoms with Crippen LogP contribution in [-0.2, 0) is 6.54 Å². The fourth-order valence-corrected chi connectivity index (χ4v) is 3.12. The number of benzene rings is 1. The van der Waals surface area contributed by atoms with Crippen LogP contribution in [0.15, 0.2) is 28.7 Å². The molecule has 0 bridgehead atoms. The summed E-state index contributed by atoms with van der Waals surface area (Å²) in [6.07, 6.45) is 0. The Morgan fingerprint density at radius 3 is 2.78 bits per heavy atom. The second-order valence-corrected chi connectivity index (χ2v) is 6.09. The fraction of sp³-hybridized carbons (Fsp3) is 0.0833. The van der Waals surface area contributed by atoms with Crippen LogP contribution in [0.2, 0.25) is 4.34 Å². The molecule has 0 aliphatic heterocycles. The van der Waals surface area contributed by atoms with Crippen molar-refractivity contribution in [1.82, 2.24) is 0 Å². The lowest BCUT2D eigenvalue weighted by Gasteiger charge is -2.05. The van der Waals surface area contributed by atoms with Gasteiger partial charge in [-0.15, -0.1) is 11.3 Å². The second kappa shape index (κ2) is 5.70. The third kappa shape index (κ3) is 3.02. The van der Waals surface area contributed by atoms with Gasteiger partial charge in [0.1, 0.15) is 10.2 Å². The first-order chi connectivity index (χ1) is 8.60. The summed E-state index contributed by atoms with van der Waals surface area (Å²) in [7, 11) is 0. The van der Waals surface area contributed by atoms with Crippen molar-refractivity contribution in [2.75, 3.05) is 5.32 Å². The first-order valence-corrected chi connectivity index (χ1v) is 6.96. The Labute approximate surface area is 121 Å². The Balaban J connectivity index is 2.09. The van der Waals surface area contributed by atoms with Gasteiger partial charge in [0.2, 0.25) is 0 Å². The van der Waals surface area contributed by atoms with Gasteiger partial charge in [0.05, 0.1) is 17.3 Å². The van der Waals surface area contributed by atoms with E-state index in [1.165, 1.54) is 17.4 Å². The number of nitrogens with zero attached hydrogens (tertiary/aromatic N) is 1. The van der Waals surface area contributed by atoms with E-state index in [2.05, 4.69) is 21.2 Å². The minimum absolute atomic E-state index is 0.306. The summed E-state index contributed by atoms with van der Waals surface area (Å²) >= 11 is 10.7. The van der Waals surface area contributed by atoms with Gasteiger partial charge in [0, 0.05) is 15.9 Å². The fourth-order valence-electron chi connectivity index (χ4n) is 1.39. The molecule has 0 unspecified atom stereocenters. The molecule has 0 spiro atoms. The van der Waals surface area contributed by atoms with E-state index in [0.29, 0.717) is 22.1 Å². The molecule has 2 aromatic rings. The lowest BCUT2D eigenvalue weighted by Crippen LogP contribution is -2.00. The van der Waals surface area contributed by atoms with Gasteiger partial charge >= 0.3 is 0 Å². The van der Waals surface area contributed by atoms with Gasteiger partial charge in [-0.3, -0.25) is 0 Å². The molecule has 0 saturated heterocycles. The molecule has 0 atom stereocenters. The molecule has 6 heteroatoms. The van der Waals surface area contributed by atoms with Gasteiger partial charge in [-0.2, -0.15) is 5.26 Å². The molecular weight excluding hydrogens is 339 g/mol. The first kappa shape index (κ1) is 13.3. The summed E-state index contributed by atoms with van der Waals surface area (Å²) in [5.74, 6) is -0.434. The molecule has 92 valence electrons. The van der Waals surface area contributed by atoms with Crippen molar-refractivity contribution in [3.05, 3.63) is 49.3 Å². The minimum atomic E-state index is -0.434. The van der Waals surface area contributed by atoms with Crippen LogP contribution in [0.1, 0.15) is 10.4 Å². The SMILES string of the molecule is N#Cc1ccc(NCc2cc(Br)c(Cl)s2)c(F)c1. The number of halogens is 3. The van der Waals surface area contributed by atoms with Crippen LogP contribution in [0.5, 0.6) is 0 Å². The molecule has 0 aliphatic carbocycles. The maximum Gasteiger partial charge on any atom is 0.147 e. The zero-order valence-electron chi connectivity index (χ0n) is 9.01. The van der Waals surface area contributed by atoms with E-state index >= 15 is 0 Å². The lowest BCUT2D eigenvalue weighted by molar-refractivity contribution is 0.629. The topological polar surface area (TPSA) is 35.8 Å². The summed E-state index contributed by atoms with van der Waals surface area (Å²) in [5, 5.41) is 11.6. The molecule has 1 aromatic heterocycles.